The van der Waals surface area contributed by atoms with Crippen LogP contribution in [0.2, 0.25) is 0 Å². The Morgan fingerprint density at radius 2 is 2.10 bits per heavy atom. The van der Waals surface area contributed by atoms with E-state index in [9.17, 15) is 4.79 Å². The van der Waals surface area contributed by atoms with Crippen LogP contribution in [-0.2, 0) is 4.79 Å². The van der Waals surface area contributed by atoms with E-state index in [1.54, 1.807) is 0 Å². The molecule has 1 aliphatic heterocycles. The molecule has 4 heteroatoms. The van der Waals surface area contributed by atoms with E-state index in [4.69, 9.17) is 5.73 Å². The summed E-state index contributed by atoms with van der Waals surface area (Å²) >= 11 is 0. The molecule has 4 nitrogen and oxygen atoms in total. The molecule has 0 spiro atoms. The third-order valence-electron chi connectivity index (χ3n) is 4.74. The normalized spacial score (nSPS) is 24.6. The van der Waals surface area contributed by atoms with Crippen LogP contribution in [0.15, 0.2) is 30.3 Å². The van der Waals surface area contributed by atoms with Crippen LogP contribution in [0, 0.1) is 0 Å². The number of rotatable bonds is 4. The van der Waals surface area contributed by atoms with Crippen LogP contribution in [0.1, 0.15) is 37.8 Å². The van der Waals surface area contributed by atoms with Gasteiger partial charge in [-0.2, -0.15) is 0 Å². The zero-order valence-electron chi connectivity index (χ0n) is 13.3. The molecule has 1 amide bonds. The Hall–Kier alpha value is -1.39. The van der Waals surface area contributed by atoms with E-state index in [1.807, 2.05) is 42.3 Å². The van der Waals surface area contributed by atoms with Crippen molar-refractivity contribution in [1.82, 2.24) is 9.80 Å². The van der Waals surface area contributed by atoms with Crippen molar-refractivity contribution in [3.63, 3.8) is 0 Å². The third-order valence-corrected chi connectivity index (χ3v) is 4.74. The Balaban J connectivity index is 1.91. The van der Waals surface area contributed by atoms with Gasteiger partial charge in [-0.3, -0.25) is 4.79 Å². The van der Waals surface area contributed by atoms with Crippen LogP contribution in [0.4, 0.5) is 0 Å². The number of carbonyl (C=O) groups excluding carboxylic acids is 1. The molecule has 0 aromatic heterocycles. The first-order valence-electron chi connectivity index (χ1n) is 7.75. The quantitative estimate of drug-likeness (QED) is 0.922. The van der Waals surface area contributed by atoms with Gasteiger partial charge in [0.05, 0.1) is 0 Å². The minimum Gasteiger partial charge on any atom is -0.343 e. The third kappa shape index (κ3) is 4.05. The summed E-state index contributed by atoms with van der Waals surface area (Å²) in [7, 11) is 4.07. The van der Waals surface area contributed by atoms with Crippen molar-refractivity contribution in [3.05, 3.63) is 35.9 Å². The second-order valence-electron chi connectivity index (χ2n) is 6.23. The maximum Gasteiger partial charge on any atom is 0.224 e. The molecular formula is C17H27N3O. The van der Waals surface area contributed by atoms with E-state index in [1.165, 1.54) is 0 Å². The van der Waals surface area contributed by atoms with Crippen molar-refractivity contribution in [2.45, 2.75) is 44.3 Å². The SMILES string of the molecule is CC1CC(N(C)C(=O)CC(N)c2ccccc2)CCN1C. The molecular weight excluding hydrogens is 262 g/mol. The minimum absolute atomic E-state index is 0.146. The van der Waals surface area contributed by atoms with Gasteiger partial charge in [-0.1, -0.05) is 30.3 Å². The van der Waals surface area contributed by atoms with Gasteiger partial charge in [-0.15, -0.1) is 0 Å². The fourth-order valence-electron chi connectivity index (χ4n) is 2.97. The van der Waals surface area contributed by atoms with Gasteiger partial charge in [-0.25, -0.2) is 0 Å². The van der Waals surface area contributed by atoms with Gasteiger partial charge < -0.3 is 15.5 Å². The van der Waals surface area contributed by atoms with Crippen molar-refractivity contribution in [1.29, 1.82) is 0 Å². The van der Waals surface area contributed by atoms with Crippen LogP contribution in [0.5, 0.6) is 0 Å². The number of nitrogens with zero attached hydrogens (tertiary/aromatic N) is 2. The molecule has 1 aromatic rings. The number of hydrogen-bond acceptors (Lipinski definition) is 3. The summed E-state index contributed by atoms with van der Waals surface area (Å²) in [6.07, 6.45) is 2.46. The zero-order valence-corrected chi connectivity index (χ0v) is 13.3. The first-order valence-corrected chi connectivity index (χ1v) is 7.75. The second kappa shape index (κ2) is 7.05. The molecule has 1 aliphatic rings. The average Bonchev–Trinajstić information content (AvgIpc) is 2.50. The summed E-state index contributed by atoms with van der Waals surface area (Å²) < 4.78 is 0. The zero-order chi connectivity index (χ0) is 15.4. The summed E-state index contributed by atoms with van der Waals surface area (Å²) in [4.78, 5) is 16.7. The Bertz CT molecular complexity index is 462. The van der Waals surface area contributed by atoms with E-state index in [-0.39, 0.29) is 11.9 Å². The molecule has 116 valence electrons. The number of nitrogens with two attached hydrogens (primary N) is 1. The Morgan fingerprint density at radius 3 is 2.71 bits per heavy atom. The first kappa shape index (κ1) is 16.0. The van der Waals surface area contributed by atoms with Crippen molar-refractivity contribution in [2.24, 2.45) is 5.73 Å². The highest BCUT2D eigenvalue weighted by molar-refractivity contribution is 5.77. The first-order chi connectivity index (χ1) is 9.99. The molecule has 1 aromatic carbocycles. The lowest BCUT2D eigenvalue weighted by Gasteiger charge is -2.39. The maximum atomic E-state index is 12.4. The van der Waals surface area contributed by atoms with Crippen molar-refractivity contribution >= 4 is 5.91 Å². The molecule has 21 heavy (non-hydrogen) atoms. The molecule has 0 saturated carbocycles. The second-order valence-corrected chi connectivity index (χ2v) is 6.23. The number of amides is 1. The molecule has 3 atom stereocenters. The summed E-state index contributed by atoms with van der Waals surface area (Å²) in [6, 6.07) is 10.5. The van der Waals surface area contributed by atoms with E-state index in [2.05, 4.69) is 18.9 Å². The number of likely N-dealkylation sites (tertiary alicyclic amines) is 1. The van der Waals surface area contributed by atoms with E-state index in [0.717, 1.165) is 24.9 Å². The van der Waals surface area contributed by atoms with Crippen LogP contribution in [0.3, 0.4) is 0 Å². The fourth-order valence-corrected chi connectivity index (χ4v) is 2.97. The molecule has 0 bridgehead atoms. The van der Waals surface area contributed by atoms with Gasteiger partial charge in [0, 0.05) is 38.1 Å². The fraction of sp³-hybridized carbons (Fsp3) is 0.588. The summed E-state index contributed by atoms with van der Waals surface area (Å²) in [5, 5.41) is 0. The van der Waals surface area contributed by atoms with Gasteiger partial charge in [0.25, 0.3) is 0 Å². The van der Waals surface area contributed by atoms with Crippen LogP contribution < -0.4 is 5.73 Å². The van der Waals surface area contributed by atoms with Gasteiger partial charge in [0.15, 0.2) is 0 Å². The largest absolute Gasteiger partial charge is 0.343 e. The summed E-state index contributed by atoms with van der Waals surface area (Å²) in [6.45, 7) is 3.27. The molecule has 3 unspecified atom stereocenters. The Kier molecular flexibility index (Phi) is 5.37. The van der Waals surface area contributed by atoms with E-state index >= 15 is 0 Å². The topological polar surface area (TPSA) is 49.6 Å². The molecule has 0 radical (unpaired) electrons. The minimum atomic E-state index is -0.218. The lowest BCUT2D eigenvalue weighted by Crippen LogP contribution is -2.48. The van der Waals surface area contributed by atoms with Crippen molar-refractivity contribution in [3.8, 4) is 0 Å². The number of benzene rings is 1. The molecule has 1 heterocycles. The Labute approximate surface area is 127 Å². The highest BCUT2D eigenvalue weighted by Gasteiger charge is 2.28. The van der Waals surface area contributed by atoms with Gasteiger partial charge in [-0.05, 0) is 32.4 Å². The predicted octanol–water partition coefficient (Wildman–Crippen LogP) is 2.02. The van der Waals surface area contributed by atoms with E-state index < -0.39 is 0 Å². The highest BCUT2D eigenvalue weighted by atomic mass is 16.2. The van der Waals surface area contributed by atoms with Crippen LogP contribution in [-0.4, -0.2) is 48.4 Å². The van der Waals surface area contributed by atoms with Crippen molar-refractivity contribution in [2.75, 3.05) is 20.6 Å². The van der Waals surface area contributed by atoms with Crippen LogP contribution >= 0.6 is 0 Å². The highest BCUT2D eigenvalue weighted by Crippen LogP contribution is 2.22. The number of carbonyl (C=O) groups is 1. The average molecular weight is 289 g/mol. The predicted molar refractivity (Wildman–Crippen MR) is 85.9 cm³/mol. The molecule has 0 aliphatic carbocycles. The number of hydrogen-bond donors (Lipinski definition) is 1. The van der Waals surface area contributed by atoms with Crippen molar-refractivity contribution < 1.29 is 4.79 Å². The van der Waals surface area contributed by atoms with Gasteiger partial charge in [0.1, 0.15) is 0 Å². The Morgan fingerprint density at radius 1 is 1.43 bits per heavy atom. The molecule has 2 rings (SSSR count). The van der Waals surface area contributed by atoms with Crippen LogP contribution in [0.25, 0.3) is 0 Å². The van der Waals surface area contributed by atoms with E-state index in [0.29, 0.717) is 18.5 Å². The maximum absolute atomic E-state index is 12.4. The molecule has 2 N–H and O–H groups in total. The summed E-state index contributed by atoms with van der Waals surface area (Å²) in [5.41, 5.74) is 7.18. The van der Waals surface area contributed by atoms with Gasteiger partial charge in [0.2, 0.25) is 5.91 Å². The smallest absolute Gasteiger partial charge is 0.224 e. The monoisotopic (exact) mass is 289 g/mol. The lowest BCUT2D eigenvalue weighted by atomic mass is 9.96. The lowest BCUT2D eigenvalue weighted by molar-refractivity contribution is -0.133. The number of piperidine rings is 1. The van der Waals surface area contributed by atoms with Gasteiger partial charge >= 0.3 is 0 Å². The molecule has 1 saturated heterocycles. The summed E-state index contributed by atoms with van der Waals surface area (Å²) in [5.74, 6) is 0.146. The molecule has 1 fully saturated rings. The standard InChI is InChI=1S/C17H27N3O/c1-13-11-15(9-10-19(13)2)20(3)17(21)12-16(18)14-7-5-4-6-8-14/h4-8,13,15-16H,9-12,18H2,1-3H3.